The fraction of sp³-hybridized carbons (Fsp3) is 0.458. The SMILES string of the molecule is CCC(c1ccc(OC)c(C)c1C)N1CCN(C(=O)c2ccc(C(F)(F)F)cc2)CC1. The zero-order chi connectivity index (χ0) is 22.8. The summed E-state index contributed by atoms with van der Waals surface area (Å²) in [5.74, 6) is 0.654. The molecule has 1 atom stereocenters. The Balaban J connectivity index is 1.68. The van der Waals surface area contributed by atoms with E-state index in [0.29, 0.717) is 13.1 Å². The fourth-order valence-corrected chi connectivity index (χ4v) is 4.29. The van der Waals surface area contributed by atoms with Crippen LogP contribution in [0.15, 0.2) is 36.4 Å². The minimum atomic E-state index is -4.40. The predicted molar refractivity (Wildman–Crippen MR) is 114 cm³/mol. The van der Waals surface area contributed by atoms with Gasteiger partial charge in [0.2, 0.25) is 0 Å². The van der Waals surface area contributed by atoms with Crippen LogP contribution < -0.4 is 4.74 Å². The number of carbonyl (C=O) groups is 1. The zero-order valence-corrected chi connectivity index (χ0v) is 18.4. The van der Waals surface area contributed by atoms with Crippen LogP contribution in [-0.2, 0) is 6.18 Å². The maximum absolute atomic E-state index is 12.8. The first kappa shape index (κ1) is 23.1. The van der Waals surface area contributed by atoms with Crippen LogP contribution >= 0.6 is 0 Å². The highest BCUT2D eigenvalue weighted by Gasteiger charge is 2.31. The van der Waals surface area contributed by atoms with Gasteiger partial charge in [0.15, 0.2) is 0 Å². The Bertz CT molecular complexity index is 918. The Hall–Kier alpha value is -2.54. The smallest absolute Gasteiger partial charge is 0.416 e. The van der Waals surface area contributed by atoms with Crippen LogP contribution in [0, 0.1) is 13.8 Å². The molecule has 168 valence electrons. The molecule has 1 heterocycles. The van der Waals surface area contributed by atoms with Gasteiger partial charge in [-0.2, -0.15) is 13.2 Å². The van der Waals surface area contributed by atoms with Crippen molar-refractivity contribution in [2.75, 3.05) is 33.3 Å². The van der Waals surface area contributed by atoms with Gasteiger partial charge in [-0.25, -0.2) is 0 Å². The third kappa shape index (κ3) is 4.87. The van der Waals surface area contributed by atoms with E-state index in [0.717, 1.165) is 43.0 Å². The second-order valence-electron chi connectivity index (χ2n) is 7.93. The standard InChI is InChI=1S/C24H29F3N2O2/c1-5-21(20-10-11-22(31-4)17(3)16(20)2)28-12-14-29(15-13-28)23(30)18-6-8-19(9-7-18)24(25,26)27/h6-11,21H,5,12-15H2,1-4H3. The second-order valence-corrected chi connectivity index (χ2v) is 7.93. The van der Waals surface area contributed by atoms with Crippen LogP contribution in [0.1, 0.15) is 52.0 Å². The van der Waals surface area contributed by atoms with Crippen molar-refractivity contribution < 1.29 is 22.7 Å². The average Bonchev–Trinajstić information content (AvgIpc) is 2.76. The predicted octanol–water partition coefficient (Wildman–Crippen LogP) is 5.24. The Morgan fingerprint density at radius 2 is 1.61 bits per heavy atom. The first-order valence-corrected chi connectivity index (χ1v) is 10.5. The molecule has 0 bridgehead atoms. The molecule has 4 nitrogen and oxygen atoms in total. The molecule has 0 aliphatic carbocycles. The lowest BCUT2D eigenvalue weighted by Gasteiger charge is -2.40. The number of rotatable bonds is 5. The number of benzene rings is 2. The summed E-state index contributed by atoms with van der Waals surface area (Å²) >= 11 is 0. The van der Waals surface area contributed by atoms with Gasteiger partial charge in [0, 0.05) is 37.8 Å². The van der Waals surface area contributed by atoms with Crippen molar-refractivity contribution in [3.63, 3.8) is 0 Å². The molecule has 1 amide bonds. The number of nitrogens with zero attached hydrogens (tertiary/aromatic N) is 2. The van der Waals surface area contributed by atoms with Gasteiger partial charge < -0.3 is 9.64 Å². The van der Waals surface area contributed by atoms with Gasteiger partial charge in [-0.15, -0.1) is 0 Å². The van der Waals surface area contributed by atoms with E-state index in [-0.39, 0.29) is 17.5 Å². The third-order valence-corrected chi connectivity index (χ3v) is 6.25. The number of alkyl halides is 3. The summed E-state index contributed by atoms with van der Waals surface area (Å²) in [7, 11) is 1.67. The largest absolute Gasteiger partial charge is 0.496 e. The van der Waals surface area contributed by atoms with E-state index in [1.54, 1.807) is 12.0 Å². The van der Waals surface area contributed by atoms with Crippen molar-refractivity contribution in [1.29, 1.82) is 0 Å². The van der Waals surface area contributed by atoms with E-state index in [9.17, 15) is 18.0 Å². The molecule has 1 unspecified atom stereocenters. The summed E-state index contributed by atoms with van der Waals surface area (Å²) in [5, 5.41) is 0. The molecule has 2 aromatic rings. The third-order valence-electron chi connectivity index (χ3n) is 6.25. The van der Waals surface area contributed by atoms with Crippen molar-refractivity contribution in [1.82, 2.24) is 9.80 Å². The number of carbonyl (C=O) groups excluding carboxylic acids is 1. The van der Waals surface area contributed by atoms with Crippen LogP contribution in [0.3, 0.4) is 0 Å². The maximum atomic E-state index is 12.8. The highest BCUT2D eigenvalue weighted by atomic mass is 19.4. The summed E-state index contributed by atoms with van der Waals surface area (Å²) in [6, 6.07) is 8.82. The lowest BCUT2D eigenvalue weighted by Crippen LogP contribution is -2.49. The van der Waals surface area contributed by atoms with Gasteiger partial charge in [0.25, 0.3) is 5.91 Å². The molecule has 31 heavy (non-hydrogen) atoms. The Morgan fingerprint density at radius 1 is 1.00 bits per heavy atom. The number of ether oxygens (including phenoxy) is 1. The normalized spacial score (nSPS) is 16.3. The number of hydrogen-bond donors (Lipinski definition) is 0. The summed E-state index contributed by atoms with van der Waals surface area (Å²) in [4.78, 5) is 16.9. The molecule has 0 radical (unpaired) electrons. The molecule has 0 saturated carbocycles. The van der Waals surface area contributed by atoms with Crippen molar-refractivity contribution in [3.8, 4) is 5.75 Å². The molecule has 1 aliphatic heterocycles. The molecule has 7 heteroatoms. The molecule has 1 aliphatic rings. The number of halogens is 3. The quantitative estimate of drug-likeness (QED) is 0.645. The van der Waals surface area contributed by atoms with Crippen molar-refractivity contribution in [3.05, 3.63) is 64.2 Å². The zero-order valence-electron chi connectivity index (χ0n) is 18.4. The van der Waals surface area contributed by atoms with E-state index in [2.05, 4.69) is 31.7 Å². The molecule has 0 N–H and O–H groups in total. The highest BCUT2D eigenvalue weighted by Crippen LogP contribution is 2.33. The molecule has 3 rings (SSSR count). The van der Waals surface area contributed by atoms with Crippen LogP contribution in [0.4, 0.5) is 13.2 Å². The highest BCUT2D eigenvalue weighted by molar-refractivity contribution is 5.94. The summed E-state index contributed by atoms with van der Waals surface area (Å²) in [6.07, 6.45) is -3.46. The van der Waals surface area contributed by atoms with Crippen molar-refractivity contribution in [2.24, 2.45) is 0 Å². The van der Waals surface area contributed by atoms with Gasteiger partial charge in [-0.3, -0.25) is 9.69 Å². The van der Waals surface area contributed by atoms with Crippen LogP contribution in [0.5, 0.6) is 5.75 Å². The lowest BCUT2D eigenvalue weighted by molar-refractivity contribution is -0.137. The van der Waals surface area contributed by atoms with Crippen molar-refractivity contribution >= 4 is 5.91 Å². The molecule has 1 saturated heterocycles. The molecule has 1 fully saturated rings. The van der Waals surface area contributed by atoms with E-state index >= 15 is 0 Å². The Morgan fingerprint density at radius 3 is 2.13 bits per heavy atom. The molecule has 0 aromatic heterocycles. The van der Waals surface area contributed by atoms with Crippen LogP contribution in [0.25, 0.3) is 0 Å². The monoisotopic (exact) mass is 434 g/mol. The summed E-state index contributed by atoms with van der Waals surface area (Å²) < 4.78 is 43.7. The molecule has 2 aromatic carbocycles. The first-order valence-electron chi connectivity index (χ1n) is 10.5. The fourth-order valence-electron chi connectivity index (χ4n) is 4.29. The van der Waals surface area contributed by atoms with Gasteiger partial charge >= 0.3 is 6.18 Å². The number of amides is 1. The summed E-state index contributed by atoms with van der Waals surface area (Å²) in [5.41, 5.74) is 3.16. The van der Waals surface area contributed by atoms with Crippen LogP contribution in [0.2, 0.25) is 0 Å². The Kier molecular flexibility index (Phi) is 6.94. The van der Waals surface area contributed by atoms with Gasteiger partial charge in [0.05, 0.1) is 12.7 Å². The Labute approximate surface area is 181 Å². The average molecular weight is 435 g/mol. The topological polar surface area (TPSA) is 32.8 Å². The second kappa shape index (κ2) is 9.30. The van der Waals surface area contributed by atoms with E-state index in [4.69, 9.17) is 4.74 Å². The molecular formula is C24H29F3N2O2. The minimum Gasteiger partial charge on any atom is -0.496 e. The minimum absolute atomic E-state index is 0.224. The van der Waals surface area contributed by atoms with Gasteiger partial charge in [0.1, 0.15) is 5.75 Å². The molecule has 0 spiro atoms. The molecular weight excluding hydrogens is 405 g/mol. The van der Waals surface area contributed by atoms with E-state index in [1.807, 2.05) is 6.07 Å². The first-order chi connectivity index (χ1) is 14.7. The maximum Gasteiger partial charge on any atom is 0.416 e. The van der Waals surface area contributed by atoms with E-state index < -0.39 is 11.7 Å². The van der Waals surface area contributed by atoms with Crippen molar-refractivity contribution in [2.45, 2.75) is 39.4 Å². The van der Waals surface area contributed by atoms with Gasteiger partial charge in [-0.05, 0) is 67.3 Å². The number of piperazine rings is 1. The number of hydrogen-bond acceptors (Lipinski definition) is 3. The summed E-state index contributed by atoms with van der Waals surface area (Å²) in [6.45, 7) is 8.86. The lowest BCUT2D eigenvalue weighted by atomic mass is 9.93. The van der Waals surface area contributed by atoms with Gasteiger partial charge in [-0.1, -0.05) is 13.0 Å². The number of methoxy groups -OCH3 is 1. The van der Waals surface area contributed by atoms with Crippen LogP contribution in [-0.4, -0.2) is 49.0 Å². The van der Waals surface area contributed by atoms with E-state index in [1.165, 1.54) is 23.3 Å².